The molecule has 3 heterocycles. The topological polar surface area (TPSA) is 120 Å². The highest BCUT2D eigenvalue weighted by molar-refractivity contribution is 6.33. The second-order valence-electron chi connectivity index (χ2n) is 12.4. The number of fused-ring (bicyclic) bond motifs is 4. The number of aromatic hydroxyl groups is 1. The van der Waals surface area contributed by atoms with E-state index >= 15 is 4.79 Å². The predicted molar refractivity (Wildman–Crippen MR) is 168 cm³/mol. The van der Waals surface area contributed by atoms with Gasteiger partial charge in [0.15, 0.2) is 5.82 Å². The fourth-order valence-corrected chi connectivity index (χ4v) is 8.56. The number of aromatic nitrogens is 1. The summed E-state index contributed by atoms with van der Waals surface area (Å²) >= 11 is 18.9. The van der Waals surface area contributed by atoms with Gasteiger partial charge < -0.3 is 5.11 Å². The van der Waals surface area contributed by atoms with Crippen LogP contribution in [0.4, 0.5) is 19.0 Å². The number of nitrogens with one attached hydrogen (secondary N) is 1. The van der Waals surface area contributed by atoms with E-state index in [4.69, 9.17) is 34.8 Å². The van der Waals surface area contributed by atoms with Crippen molar-refractivity contribution < 1.29 is 37.5 Å². The highest BCUT2D eigenvalue weighted by atomic mass is 35.5. The Morgan fingerprint density at radius 3 is 2.29 bits per heavy atom. The van der Waals surface area contributed by atoms with Crippen molar-refractivity contribution in [2.24, 2.45) is 23.7 Å². The molecule has 3 fully saturated rings. The molecule has 2 aliphatic carbocycles. The number of phenolic OH excluding ortho intramolecular Hbond substituents is 1. The number of amides is 4. The first-order chi connectivity index (χ1) is 22.7. The van der Waals surface area contributed by atoms with Gasteiger partial charge in [-0.05, 0) is 60.7 Å². The fourth-order valence-electron chi connectivity index (χ4n) is 8.04. The molecule has 0 spiro atoms. The van der Waals surface area contributed by atoms with Crippen LogP contribution in [0.25, 0.3) is 0 Å². The molecule has 2 saturated heterocycles. The summed E-state index contributed by atoms with van der Waals surface area (Å²) in [7, 11) is 1.40. The molecule has 2 aromatic carbocycles. The molecular weight excluding hydrogens is 696 g/mol. The van der Waals surface area contributed by atoms with E-state index < -0.39 is 69.5 Å². The summed E-state index contributed by atoms with van der Waals surface area (Å²) in [5, 5.41) is 12.1. The number of phenols is 1. The van der Waals surface area contributed by atoms with Crippen LogP contribution in [-0.2, 0) is 30.8 Å². The number of halogens is 6. The minimum absolute atomic E-state index is 0.0444. The number of carbonyl (C=O) groups excluding carboxylic acids is 4. The number of rotatable bonds is 4. The predicted octanol–water partition coefficient (Wildman–Crippen LogP) is 6.38. The van der Waals surface area contributed by atoms with Crippen LogP contribution in [0.3, 0.4) is 0 Å². The highest BCUT2D eigenvalue weighted by Crippen LogP contribution is 2.65. The summed E-state index contributed by atoms with van der Waals surface area (Å²) in [5.74, 6) is -7.45. The van der Waals surface area contributed by atoms with Crippen LogP contribution in [0.5, 0.6) is 5.75 Å². The highest BCUT2D eigenvalue weighted by Gasteiger charge is 2.70. The number of hydrogen-bond donors (Lipinski definition) is 2. The van der Waals surface area contributed by atoms with Gasteiger partial charge in [-0.1, -0.05) is 58.6 Å². The maximum Gasteiger partial charge on any atom is 0.417 e. The van der Waals surface area contributed by atoms with Crippen LogP contribution in [0.15, 0.2) is 66.4 Å². The molecule has 0 radical (unpaired) electrons. The minimum Gasteiger partial charge on any atom is -0.508 e. The number of nitrogens with zero attached hydrogens (tertiary/aromatic N) is 3. The van der Waals surface area contributed by atoms with Crippen molar-refractivity contribution in [3.05, 3.63) is 98.1 Å². The molecule has 4 aliphatic rings. The summed E-state index contributed by atoms with van der Waals surface area (Å²) in [6, 6.07) is 11.2. The number of anilines is 1. The van der Waals surface area contributed by atoms with Crippen molar-refractivity contribution in [2.75, 3.05) is 12.5 Å². The Bertz CT molecular complexity index is 1960. The summed E-state index contributed by atoms with van der Waals surface area (Å²) in [6.07, 6.45) is -2.29. The van der Waals surface area contributed by atoms with Gasteiger partial charge in [-0.3, -0.25) is 29.5 Å². The van der Waals surface area contributed by atoms with Crippen LogP contribution < -0.4 is 5.43 Å². The fraction of sp³-hybridized carbons (Fsp3) is 0.303. The molecule has 6 unspecified atom stereocenters. The lowest BCUT2D eigenvalue weighted by Crippen LogP contribution is -2.53. The maximum atomic E-state index is 15.0. The van der Waals surface area contributed by atoms with E-state index in [2.05, 4.69) is 10.4 Å². The lowest BCUT2D eigenvalue weighted by Gasteiger charge is -2.50. The number of pyridine rings is 1. The third-order valence-electron chi connectivity index (χ3n) is 10.1. The van der Waals surface area contributed by atoms with E-state index in [1.54, 1.807) is 30.3 Å². The Morgan fingerprint density at radius 1 is 0.938 bits per heavy atom. The number of allylic oxidation sites excluding steroid dienone is 2. The Balaban J connectivity index is 1.46. The quantitative estimate of drug-likeness (QED) is 0.237. The van der Waals surface area contributed by atoms with E-state index in [1.165, 1.54) is 25.2 Å². The maximum absolute atomic E-state index is 15.0. The lowest BCUT2D eigenvalue weighted by atomic mass is 9.49. The number of likely N-dealkylation sites (tertiary alicyclic amines) is 1. The molecule has 0 bridgehead atoms. The Morgan fingerprint density at radius 2 is 1.62 bits per heavy atom. The zero-order chi connectivity index (χ0) is 34.4. The molecule has 3 aromatic rings. The second kappa shape index (κ2) is 11.2. The summed E-state index contributed by atoms with van der Waals surface area (Å²) in [6.45, 7) is 0. The molecule has 9 nitrogen and oxygen atoms in total. The van der Waals surface area contributed by atoms with Gasteiger partial charge in [0, 0.05) is 34.8 Å². The first kappa shape index (κ1) is 32.4. The van der Waals surface area contributed by atoms with Crippen LogP contribution in [-0.4, -0.2) is 50.7 Å². The molecule has 15 heteroatoms. The Hall–Kier alpha value is -4.13. The smallest absolute Gasteiger partial charge is 0.417 e. The van der Waals surface area contributed by atoms with E-state index in [9.17, 15) is 32.7 Å². The van der Waals surface area contributed by atoms with E-state index in [1.807, 2.05) is 0 Å². The number of hydrazine groups is 1. The van der Waals surface area contributed by atoms with Gasteiger partial charge in [-0.2, -0.15) is 18.2 Å². The van der Waals surface area contributed by atoms with Gasteiger partial charge in [0.2, 0.25) is 11.8 Å². The van der Waals surface area contributed by atoms with E-state index in [0.717, 1.165) is 4.90 Å². The molecule has 6 atom stereocenters. The molecule has 2 N–H and O–H groups in total. The van der Waals surface area contributed by atoms with Crippen LogP contribution in [0.1, 0.15) is 35.4 Å². The van der Waals surface area contributed by atoms with Crippen molar-refractivity contribution in [3.63, 3.8) is 0 Å². The molecule has 2 aliphatic heterocycles. The average Bonchev–Trinajstić information content (AvgIpc) is 3.39. The third kappa shape index (κ3) is 4.63. The lowest BCUT2D eigenvalue weighted by molar-refractivity contribution is -0.140. The molecule has 48 heavy (non-hydrogen) atoms. The summed E-state index contributed by atoms with van der Waals surface area (Å²) in [5.41, 5.74) is 0.764. The van der Waals surface area contributed by atoms with Gasteiger partial charge in [0.25, 0.3) is 11.8 Å². The molecule has 1 saturated carbocycles. The van der Waals surface area contributed by atoms with Crippen LogP contribution >= 0.6 is 34.8 Å². The number of hydrogen-bond acceptors (Lipinski definition) is 7. The molecule has 1 aromatic heterocycles. The van der Waals surface area contributed by atoms with Crippen molar-refractivity contribution in [3.8, 4) is 5.75 Å². The van der Waals surface area contributed by atoms with Gasteiger partial charge in [-0.25, -0.2) is 4.98 Å². The van der Waals surface area contributed by atoms with Gasteiger partial charge >= 0.3 is 6.18 Å². The van der Waals surface area contributed by atoms with Gasteiger partial charge in [0.05, 0.1) is 33.8 Å². The Kier molecular flexibility index (Phi) is 7.57. The van der Waals surface area contributed by atoms with Gasteiger partial charge in [-0.15, -0.1) is 0 Å². The molecule has 7 rings (SSSR count). The first-order valence-corrected chi connectivity index (χ1v) is 15.9. The van der Waals surface area contributed by atoms with E-state index in [0.29, 0.717) is 33.4 Å². The van der Waals surface area contributed by atoms with Gasteiger partial charge in [0.1, 0.15) is 5.75 Å². The number of alkyl halides is 3. The molecular formula is C33H24Cl3F3N4O5. The SMILES string of the molecule is CN1C(=O)C2CC=C3C(CC4C(=O)N(Nc5ncc(C(F)(F)F)cc5Cl)C(=O)C4(c4ccc(Cl)cc4)C3c3cc(Cl)ccc3O)C2C1=O. The number of carbonyl (C=O) groups is 4. The van der Waals surface area contributed by atoms with Crippen molar-refractivity contribution >= 4 is 64.2 Å². The molecule has 4 amide bonds. The summed E-state index contributed by atoms with van der Waals surface area (Å²) in [4.78, 5) is 61.1. The van der Waals surface area contributed by atoms with Crippen molar-refractivity contribution in [1.29, 1.82) is 0 Å². The summed E-state index contributed by atoms with van der Waals surface area (Å²) < 4.78 is 40.0. The Labute approximate surface area is 286 Å². The van der Waals surface area contributed by atoms with Crippen LogP contribution in [0.2, 0.25) is 15.1 Å². The zero-order valence-corrected chi connectivity index (χ0v) is 27.0. The van der Waals surface area contributed by atoms with Crippen molar-refractivity contribution in [1.82, 2.24) is 14.9 Å². The number of imide groups is 2. The first-order valence-electron chi connectivity index (χ1n) is 14.8. The number of benzene rings is 2. The molecule has 248 valence electrons. The largest absolute Gasteiger partial charge is 0.508 e. The van der Waals surface area contributed by atoms with Crippen molar-refractivity contribution in [2.45, 2.75) is 30.4 Å². The monoisotopic (exact) mass is 718 g/mol. The standard InChI is InChI=1S/C33H24Cl3F3N4O5/c1-42-28(45)19-8-7-18-20(25(19)30(42)47)12-22-29(46)43(41-27-23(36)10-15(13-40-27)33(37,38)39)31(48)32(22,14-2-4-16(34)5-3-14)26(18)21-11-17(35)6-9-24(21)44/h2-7,9-11,13,19-20,22,25-26,44H,8,12H2,1H3,(H,40,41). The van der Waals surface area contributed by atoms with E-state index in [-0.39, 0.29) is 40.9 Å². The average molecular weight is 720 g/mol. The van der Waals surface area contributed by atoms with Crippen LogP contribution in [0, 0.1) is 23.7 Å². The zero-order valence-electron chi connectivity index (χ0n) is 24.8. The minimum atomic E-state index is -4.75. The second-order valence-corrected chi connectivity index (χ2v) is 13.6. The normalized spacial score (nSPS) is 28.3. The third-order valence-corrected chi connectivity index (χ3v) is 10.9.